The van der Waals surface area contributed by atoms with Crippen molar-refractivity contribution in [3.63, 3.8) is 0 Å². The molecule has 2 heteroatoms. The van der Waals surface area contributed by atoms with Crippen LogP contribution in [0.3, 0.4) is 0 Å². The Balaban J connectivity index is 2.69. The molecule has 0 aliphatic heterocycles. The van der Waals surface area contributed by atoms with E-state index in [1.807, 2.05) is 11.8 Å². The summed E-state index contributed by atoms with van der Waals surface area (Å²) in [4.78, 5) is 1.38. The normalized spacial score (nSPS) is 11.0. The minimum absolute atomic E-state index is 0.656. The van der Waals surface area contributed by atoms with Crippen molar-refractivity contribution in [2.75, 3.05) is 6.54 Å². The third-order valence-corrected chi connectivity index (χ3v) is 3.25. The highest BCUT2D eigenvalue weighted by molar-refractivity contribution is 7.99. The van der Waals surface area contributed by atoms with Crippen LogP contribution in [0.1, 0.15) is 31.9 Å². The summed E-state index contributed by atoms with van der Waals surface area (Å²) in [7, 11) is 0. The van der Waals surface area contributed by atoms with Gasteiger partial charge in [-0.05, 0) is 36.7 Å². The van der Waals surface area contributed by atoms with E-state index < -0.39 is 0 Å². The molecule has 0 radical (unpaired) electrons. The van der Waals surface area contributed by atoms with E-state index in [1.165, 1.54) is 16.0 Å². The fourth-order valence-corrected chi connectivity index (χ4v) is 2.41. The predicted octanol–water partition coefficient (Wildman–Crippen LogP) is 3.61. The van der Waals surface area contributed by atoms with E-state index in [-0.39, 0.29) is 0 Å². The molecule has 1 rings (SSSR count). The van der Waals surface area contributed by atoms with Gasteiger partial charge in [-0.1, -0.05) is 26.8 Å². The van der Waals surface area contributed by atoms with Gasteiger partial charge in [-0.25, -0.2) is 0 Å². The van der Waals surface area contributed by atoms with E-state index in [9.17, 15) is 0 Å². The third kappa shape index (κ3) is 4.27. The van der Waals surface area contributed by atoms with E-state index in [2.05, 4.69) is 51.2 Å². The second-order valence-electron chi connectivity index (χ2n) is 4.04. The van der Waals surface area contributed by atoms with Crippen LogP contribution in [0.2, 0.25) is 0 Å². The van der Waals surface area contributed by atoms with E-state index in [4.69, 9.17) is 0 Å². The monoisotopic (exact) mass is 223 g/mol. The zero-order chi connectivity index (χ0) is 11.3. The molecule has 1 N–H and O–H groups in total. The second kappa shape index (κ2) is 6.19. The smallest absolute Gasteiger partial charge is 0.0208 e. The molecule has 0 fully saturated rings. The van der Waals surface area contributed by atoms with E-state index >= 15 is 0 Å². The Morgan fingerprint density at radius 1 is 1.33 bits per heavy atom. The topological polar surface area (TPSA) is 12.0 Å². The first-order chi connectivity index (χ1) is 7.13. The van der Waals surface area contributed by atoms with Crippen LogP contribution < -0.4 is 5.32 Å². The molecule has 0 aromatic heterocycles. The van der Waals surface area contributed by atoms with Crippen molar-refractivity contribution < 1.29 is 0 Å². The van der Waals surface area contributed by atoms with Crippen LogP contribution in [0.15, 0.2) is 23.1 Å². The van der Waals surface area contributed by atoms with Crippen molar-refractivity contribution in [1.29, 1.82) is 0 Å². The quantitative estimate of drug-likeness (QED) is 0.765. The summed E-state index contributed by atoms with van der Waals surface area (Å²) in [6.07, 6.45) is 0. The highest BCUT2D eigenvalue weighted by atomic mass is 32.2. The number of nitrogens with one attached hydrogen (secondary N) is 1. The van der Waals surface area contributed by atoms with Crippen molar-refractivity contribution in [2.45, 2.75) is 44.4 Å². The van der Waals surface area contributed by atoms with Gasteiger partial charge in [0.15, 0.2) is 0 Å². The predicted molar refractivity (Wildman–Crippen MR) is 69.6 cm³/mol. The molecule has 84 valence electrons. The fourth-order valence-electron chi connectivity index (χ4n) is 1.47. The highest BCUT2D eigenvalue weighted by Crippen LogP contribution is 2.24. The first kappa shape index (κ1) is 12.6. The summed E-state index contributed by atoms with van der Waals surface area (Å²) in [5, 5.41) is 4.02. The van der Waals surface area contributed by atoms with Crippen LogP contribution >= 0.6 is 11.8 Å². The van der Waals surface area contributed by atoms with Gasteiger partial charge in [0.2, 0.25) is 0 Å². The Kier molecular flexibility index (Phi) is 5.20. The number of aryl methyl sites for hydroxylation is 1. The summed E-state index contributed by atoms with van der Waals surface area (Å²) in [6, 6.07) is 6.75. The van der Waals surface area contributed by atoms with Gasteiger partial charge in [0.1, 0.15) is 0 Å². The molecule has 1 aromatic rings. The number of thioether (sulfide) groups is 1. The Labute approximate surface area is 97.7 Å². The lowest BCUT2D eigenvalue weighted by molar-refractivity contribution is 0.723. The lowest BCUT2D eigenvalue weighted by Gasteiger charge is -2.10. The Morgan fingerprint density at radius 3 is 2.60 bits per heavy atom. The van der Waals surface area contributed by atoms with Gasteiger partial charge in [-0.2, -0.15) is 0 Å². The van der Waals surface area contributed by atoms with Gasteiger partial charge in [0.05, 0.1) is 0 Å². The fraction of sp³-hybridized carbons (Fsp3) is 0.538. The minimum Gasteiger partial charge on any atom is -0.313 e. The van der Waals surface area contributed by atoms with Gasteiger partial charge in [0.25, 0.3) is 0 Å². The molecule has 0 aliphatic rings. The Hall–Kier alpha value is -0.470. The summed E-state index contributed by atoms with van der Waals surface area (Å²) in [6.45, 7) is 10.8. The van der Waals surface area contributed by atoms with Crippen LogP contribution in [0, 0.1) is 6.92 Å². The maximum absolute atomic E-state index is 3.36. The Bertz CT molecular complexity index is 307. The highest BCUT2D eigenvalue weighted by Gasteiger charge is 2.02. The molecular formula is C13H21NS. The Morgan fingerprint density at radius 2 is 2.07 bits per heavy atom. The number of hydrogen-bond acceptors (Lipinski definition) is 2. The van der Waals surface area contributed by atoms with Crippen molar-refractivity contribution >= 4 is 11.8 Å². The molecule has 1 aromatic carbocycles. The maximum Gasteiger partial charge on any atom is 0.0208 e. The van der Waals surface area contributed by atoms with Crippen LogP contribution in [-0.4, -0.2) is 11.8 Å². The lowest BCUT2D eigenvalue weighted by atomic mass is 10.1. The summed E-state index contributed by atoms with van der Waals surface area (Å²) >= 11 is 1.92. The van der Waals surface area contributed by atoms with Crippen molar-refractivity contribution in [2.24, 2.45) is 0 Å². The van der Waals surface area contributed by atoms with E-state index in [0.29, 0.717) is 5.25 Å². The van der Waals surface area contributed by atoms with Gasteiger partial charge in [-0.15, -0.1) is 11.8 Å². The molecule has 15 heavy (non-hydrogen) atoms. The van der Waals surface area contributed by atoms with Crippen molar-refractivity contribution in [1.82, 2.24) is 5.32 Å². The zero-order valence-corrected chi connectivity index (χ0v) is 10.9. The number of hydrogen-bond donors (Lipinski definition) is 1. The van der Waals surface area contributed by atoms with Gasteiger partial charge in [0, 0.05) is 16.7 Å². The summed E-state index contributed by atoms with van der Waals surface area (Å²) in [5.74, 6) is 0. The molecule has 0 heterocycles. The van der Waals surface area contributed by atoms with Gasteiger partial charge >= 0.3 is 0 Å². The first-order valence-electron chi connectivity index (χ1n) is 5.60. The molecule has 0 saturated heterocycles. The number of benzene rings is 1. The lowest BCUT2D eigenvalue weighted by Crippen LogP contribution is -2.12. The van der Waals surface area contributed by atoms with Crippen molar-refractivity contribution in [3.8, 4) is 0 Å². The molecular weight excluding hydrogens is 202 g/mol. The molecule has 0 saturated carbocycles. The maximum atomic E-state index is 3.36. The van der Waals surface area contributed by atoms with E-state index in [0.717, 1.165) is 13.1 Å². The standard InChI is InChI=1S/C13H21NS/c1-5-14-9-12-6-7-13(8-11(12)4)15-10(2)3/h6-8,10,14H,5,9H2,1-4H3. The molecule has 1 nitrogen and oxygen atoms in total. The molecule has 0 unspecified atom stereocenters. The second-order valence-corrected chi connectivity index (χ2v) is 5.69. The van der Waals surface area contributed by atoms with Crippen LogP contribution in [0.4, 0.5) is 0 Å². The summed E-state index contributed by atoms with van der Waals surface area (Å²) < 4.78 is 0. The van der Waals surface area contributed by atoms with Crippen molar-refractivity contribution in [3.05, 3.63) is 29.3 Å². The number of rotatable bonds is 5. The first-order valence-corrected chi connectivity index (χ1v) is 6.48. The molecule has 0 atom stereocenters. The minimum atomic E-state index is 0.656. The third-order valence-electron chi connectivity index (χ3n) is 2.25. The average Bonchev–Trinajstić information content (AvgIpc) is 2.15. The zero-order valence-electron chi connectivity index (χ0n) is 10.1. The largest absolute Gasteiger partial charge is 0.313 e. The molecule has 0 bridgehead atoms. The van der Waals surface area contributed by atoms with Crippen LogP contribution in [0.5, 0.6) is 0 Å². The SMILES string of the molecule is CCNCc1ccc(SC(C)C)cc1C. The van der Waals surface area contributed by atoms with Crippen LogP contribution in [0.25, 0.3) is 0 Å². The average molecular weight is 223 g/mol. The van der Waals surface area contributed by atoms with Gasteiger partial charge < -0.3 is 5.32 Å². The van der Waals surface area contributed by atoms with Crippen LogP contribution in [-0.2, 0) is 6.54 Å². The molecule has 0 aliphatic carbocycles. The molecule has 0 spiro atoms. The molecule has 0 amide bonds. The summed E-state index contributed by atoms with van der Waals surface area (Å²) in [5.41, 5.74) is 2.80. The van der Waals surface area contributed by atoms with Gasteiger partial charge in [-0.3, -0.25) is 0 Å². The van der Waals surface area contributed by atoms with E-state index in [1.54, 1.807) is 0 Å².